The van der Waals surface area contributed by atoms with Crippen molar-refractivity contribution >= 4 is 29.3 Å². The lowest BCUT2D eigenvalue weighted by Crippen LogP contribution is -2.18. The first-order valence-electron chi connectivity index (χ1n) is 11.9. The molecule has 4 aromatic rings. The molecule has 2 aromatic heterocycles. The number of benzene rings is 2. The molecule has 0 atom stereocenters. The van der Waals surface area contributed by atoms with E-state index in [1.807, 2.05) is 6.92 Å². The monoisotopic (exact) mass is 510 g/mol. The number of rotatable bonds is 6. The number of hydrogen-bond donors (Lipinski definition) is 0. The van der Waals surface area contributed by atoms with Crippen molar-refractivity contribution in [1.29, 1.82) is 0 Å². The molecule has 0 aliphatic heterocycles. The van der Waals surface area contributed by atoms with Gasteiger partial charge in [0.2, 0.25) is 0 Å². The highest BCUT2D eigenvalue weighted by Crippen LogP contribution is 2.36. The van der Waals surface area contributed by atoms with Gasteiger partial charge < -0.3 is 8.83 Å². The van der Waals surface area contributed by atoms with Crippen molar-refractivity contribution in [2.45, 2.75) is 19.8 Å². The molecule has 38 heavy (non-hydrogen) atoms. The van der Waals surface area contributed by atoms with Gasteiger partial charge in [0.25, 0.3) is 11.4 Å². The highest BCUT2D eigenvalue weighted by Gasteiger charge is 2.27. The summed E-state index contributed by atoms with van der Waals surface area (Å²) in [6.45, 7) is 2.04. The fourth-order valence-electron chi connectivity index (χ4n) is 4.64. The van der Waals surface area contributed by atoms with Crippen LogP contribution in [0.1, 0.15) is 31.3 Å². The van der Waals surface area contributed by atoms with Crippen LogP contribution in [0.4, 0.5) is 11.4 Å². The summed E-state index contributed by atoms with van der Waals surface area (Å²) >= 11 is 0. The minimum atomic E-state index is -0.463. The second-order valence-electron chi connectivity index (χ2n) is 9.13. The Balaban J connectivity index is 1.42. The molecule has 0 saturated heterocycles. The summed E-state index contributed by atoms with van der Waals surface area (Å²) in [5.74, 6) is 1.57. The van der Waals surface area contributed by atoms with Gasteiger partial charge in [0.1, 0.15) is 23.0 Å². The largest absolute Gasteiger partial charge is 0.456 e. The Morgan fingerprint density at radius 2 is 1.13 bits per heavy atom. The van der Waals surface area contributed by atoms with Gasteiger partial charge in [0, 0.05) is 23.3 Å². The van der Waals surface area contributed by atoms with Crippen LogP contribution < -0.4 is 0 Å². The molecule has 2 aromatic carbocycles. The lowest BCUT2D eigenvalue weighted by molar-refractivity contribution is -0.384. The summed E-state index contributed by atoms with van der Waals surface area (Å²) in [4.78, 5) is 35.1. The molecule has 1 aliphatic carbocycles. The second kappa shape index (κ2) is 10.1. The van der Waals surface area contributed by atoms with Crippen molar-refractivity contribution in [1.82, 2.24) is 0 Å². The number of ketones is 1. The zero-order valence-corrected chi connectivity index (χ0v) is 20.3. The molecule has 0 unspecified atom stereocenters. The SMILES string of the molecule is CC1C/C(=C\c2ccc(-c3ccccc3[N+](=O)[O-])o2)C(=O)/C(=C/c2ccc(-c3ccccc3[N+](=O)[O-])o2)C1. The fraction of sp³-hybridized carbons (Fsp3) is 0.138. The zero-order valence-electron chi connectivity index (χ0n) is 20.3. The number of para-hydroxylation sites is 2. The van der Waals surface area contributed by atoms with E-state index in [1.54, 1.807) is 72.8 Å². The quantitative estimate of drug-likeness (QED) is 0.149. The van der Waals surface area contributed by atoms with Crippen molar-refractivity contribution in [3.8, 4) is 22.6 Å². The number of hydrogen-bond acceptors (Lipinski definition) is 7. The van der Waals surface area contributed by atoms with Gasteiger partial charge in [-0.15, -0.1) is 0 Å². The predicted octanol–water partition coefficient (Wildman–Crippen LogP) is 7.49. The Bertz CT molecular complexity index is 1510. The number of Topliss-reactive ketones (excluding diaryl/α,β-unsaturated/α-hetero) is 1. The number of allylic oxidation sites excluding steroid dienone is 2. The molecule has 0 bridgehead atoms. The standard InChI is InChI=1S/C29H22N2O7/c1-18-14-19(16-21-10-12-27(37-21)23-6-2-4-8-25(23)30(33)34)29(32)20(15-18)17-22-11-13-28(38-22)24-7-3-5-9-26(24)31(35)36/h2-13,16-18H,14-15H2,1H3/b19-16+,20-17+. The van der Waals surface area contributed by atoms with E-state index in [0.29, 0.717) is 58.2 Å². The summed E-state index contributed by atoms with van der Waals surface area (Å²) < 4.78 is 11.7. The third kappa shape index (κ3) is 4.94. The van der Waals surface area contributed by atoms with E-state index in [4.69, 9.17) is 8.83 Å². The summed E-state index contributed by atoms with van der Waals surface area (Å²) in [7, 11) is 0. The molecule has 190 valence electrons. The Morgan fingerprint density at radius 1 is 0.711 bits per heavy atom. The maximum atomic E-state index is 13.3. The molecular weight excluding hydrogens is 488 g/mol. The molecule has 9 heteroatoms. The predicted molar refractivity (Wildman–Crippen MR) is 141 cm³/mol. The Kier molecular flexibility index (Phi) is 6.57. The third-order valence-corrected chi connectivity index (χ3v) is 6.34. The van der Waals surface area contributed by atoms with E-state index in [-0.39, 0.29) is 23.1 Å². The van der Waals surface area contributed by atoms with Crippen molar-refractivity contribution in [3.05, 3.63) is 116 Å². The van der Waals surface area contributed by atoms with Crippen LogP contribution in [0.2, 0.25) is 0 Å². The van der Waals surface area contributed by atoms with Crippen LogP contribution in [0.15, 0.2) is 92.8 Å². The molecule has 1 aliphatic rings. The summed E-state index contributed by atoms with van der Waals surface area (Å²) in [6.07, 6.45) is 4.45. The van der Waals surface area contributed by atoms with Gasteiger partial charge in [0.05, 0.1) is 21.0 Å². The van der Waals surface area contributed by atoms with E-state index in [1.165, 1.54) is 12.1 Å². The molecule has 1 saturated carbocycles. The van der Waals surface area contributed by atoms with Crippen LogP contribution in [0.3, 0.4) is 0 Å². The normalized spacial score (nSPS) is 17.7. The Morgan fingerprint density at radius 3 is 1.55 bits per heavy atom. The van der Waals surface area contributed by atoms with Crippen LogP contribution in [0, 0.1) is 26.1 Å². The Labute approximate surface area is 217 Å². The minimum Gasteiger partial charge on any atom is -0.456 e. The number of nitro benzene ring substituents is 2. The highest BCUT2D eigenvalue weighted by molar-refractivity contribution is 6.13. The van der Waals surface area contributed by atoms with Crippen molar-refractivity contribution in [2.75, 3.05) is 0 Å². The number of furan rings is 2. The maximum Gasteiger partial charge on any atom is 0.280 e. The molecule has 0 radical (unpaired) electrons. The highest BCUT2D eigenvalue weighted by atomic mass is 16.6. The zero-order chi connectivity index (χ0) is 26.8. The molecular formula is C29H22N2O7. The van der Waals surface area contributed by atoms with Gasteiger partial charge >= 0.3 is 0 Å². The Hall–Kier alpha value is -5.05. The minimum absolute atomic E-state index is 0.0627. The smallest absolute Gasteiger partial charge is 0.280 e. The molecule has 5 rings (SSSR count). The molecule has 9 nitrogen and oxygen atoms in total. The van der Waals surface area contributed by atoms with Gasteiger partial charge in [-0.2, -0.15) is 0 Å². The van der Waals surface area contributed by atoms with Gasteiger partial charge in [0.15, 0.2) is 5.78 Å². The van der Waals surface area contributed by atoms with Crippen LogP contribution >= 0.6 is 0 Å². The van der Waals surface area contributed by atoms with Crippen LogP contribution in [0.25, 0.3) is 34.8 Å². The van der Waals surface area contributed by atoms with E-state index < -0.39 is 9.85 Å². The van der Waals surface area contributed by atoms with E-state index in [2.05, 4.69) is 0 Å². The molecule has 0 spiro atoms. The molecule has 0 N–H and O–H groups in total. The fourth-order valence-corrected chi connectivity index (χ4v) is 4.64. The van der Waals surface area contributed by atoms with E-state index in [9.17, 15) is 25.0 Å². The first-order valence-corrected chi connectivity index (χ1v) is 11.9. The first kappa shape index (κ1) is 24.6. The lowest BCUT2D eigenvalue weighted by Gasteiger charge is -2.22. The van der Waals surface area contributed by atoms with E-state index >= 15 is 0 Å². The average molecular weight is 511 g/mol. The van der Waals surface area contributed by atoms with Gasteiger partial charge in [-0.05, 0) is 67.3 Å². The number of nitrogens with zero attached hydrogens (tertiary/aromatic N) is 2. The van der Waals surface area contributed by atoms with E-state index in [0.717, 1.165) is 0 Å². The van der Waals surface area contributed by atoms with Crippen LogP contribution in [0.5, 0.6) is 0 Å². The van der Waals surface area contributed by atoms with Crippen LogP contribution in [-0.2, 0) is 4.79 Å². The summed E-state index contributed by atoms with van der Waals surface area (Å²) in [5, 5.41) is 22.8. The average Bonchev–Trinajstić information content (AvgIpc) is 3.56. The van der Waals surface area contributed by atoms with Gasteiger partial charge in [-0.1, -0.05) is 31.2 Å². The molecule has 0 amide bonds. The van der Waals surface area contributed by atoms with Crippen molar-refractivity contribution in [2.24, 2.45) is 5.92 Å². The topological polar surface area (TPSA) is 130 Å². The second-order valence-corrected chi connectivity index (χ2v) is 9.13. The number of nitro groups is 2. The van der Waals surface area contributed by atoms with Crippen LogP contribution in [-0.4, -0.2) is 15.6 Å². The summed E-state index contributed by atoms with van der Waals surface area (Å²) in [5.41, 5.74) is 1.71. The van der Waals surface area contributed by atoms with Gasteiger partial charge in [-0.25, -0.2) is 0 Å². The first-order chi connectivity index (χ1) is 18.3. The summed E-state index contributed by atoms with van der Waals surface area (Å²) in [6, 6.07) is 19.3. The number of carbonyl (C=O) groups excluding carboxylic acids is 1. The molecule has 2 heterocycles. The number of carbonyl (C=O) groups is 1. The molecule has 1 fully saturated rings. The van der Waals surface area contributed by atoms with Gasteiger partial charge in [-0.3, -0.25) is 25.0 Å². The third-order valence-electron chi connectivity index (χ3n) is 6.34. The van der Waals surface area contributed by atoms with Crippen molar-refractivity contribution in [3.63, 3.8) is 0 Å². The lowest BCUT2D eigenvalue weighted by atomic mass is 9.81. The van der Waals surface area contributed by atoms with Crippen molar-refractivity contribution < 1.29 is 23.5 Å². The maximum absolute atomic E-state index is 13.3.